The fourth-order valence-corrected chi connectivity index (χ4v) is 2.12. The summed E-state index contributed by atoms with van der Waals surface area (Å²) in [6, 6.07) is 5.78. The molecule has 0 bridgehead atoms. The lowest BCUT2D eigenvalue weighted by molar-refractivity contribution is -0.137. The van der Waals surface area contributed by atoms with Gasteiger partial charge in [0.15, 0.2) is 0 Å². The number of aromatic nitrogens is 2. The van der Waals surface area contributed by atoms with Crippen molar-refractivity contribution in [3.05, 3.63) is 46.8 Å². The van der Waals surface area contributed by atoms with Crippen LogP contribution in [0.2, 0.25) is 0 Å². The molecule has 0 N–H and O–H groups in total. The molecule has 102 valence electrons. The molecule has 2 rings (SSSR count). The molecule has 0 aliphatic carbocycles. The van der Waals surface area contributed by atoms with E-state index in [0.29, 0.717) is 17.0 Å². The number of aryl methyl sites for hydroxylation is 2. The van der Waals surface area contributed by atoms with Gasteiger partial charge in [-0.05, 0) is 37.6 Å². The summed E-state index contributed by atoms with van der Waals surface area (Å²) in [5.41, 5.74) is 1.05. The fraction of sp³-hybridized carbons (Fsp3) is 0.308. The van der Waals surface area contributed by atoms with Crippen LogP contribution >= 0.6 is 11.6 Å². The minimum absolute atomic E-state index is 0.0203. The predicted molar refractivity (Wildman–Crippen MR) is 67.6 cm³/mol. The first kappa shape index (κ1) is 13.9. The third kappa shape index (κ3) is 2.76. The molecule has 0 unspecified atom stereocenters. The van der Waals surface area contributed by atoms with Crippen molar-refractivity contribution in [2.75, 3.05) is 0 Å². The standard InChI is InChI=1S/C13H12ClF3N2/c1-8-5-9(2)19(18-8)12-4-3-10(7-14)6-11(12)13(15,16)17/h3-6H,7H2,1-2H3. The summed E-state index contributed by atoms with van der Waals surface area (Å²) in [4.78, 5) is 0. The van der Waals surface area contributed by atoms with Crippen molar-refractivity contribution in [2.45, 2.75) is 25.9 Å². The van der Waals surface area contributed by atoms with Crippen LogP contribution in [0.1, 0.15) is 22.5 Å². The van der Waals surface area contributed by atoms with Crippen LogP contribution < -0.4 is 0 Å². The van der Waals surface area contributed by atoms with Crippen molar-refractivity contribution < 1.29 is 13.2 Å². The summed E-state index contributed by atoms with van der Waals surface area (Å²) in [7, 11) is 0. The second kappa shape index (κ2) is 4.89. The molecule has 2 nitrogen and oxygen atoms in total. The van der Waals surface area contributed by atoms with E-state index in [1.165, 1.54) is 10.7 Å². The van der Waals surface area contributed by atoms with Gasteiger partial charge < -0.3 is 0 Å². The Hall–Kier alpha value is -1.49. The van der Waals surface area contributed by atoms with Gasteiger partial charge in [-0.25, -0.2) is 4.68 Å². The SMILES string of the molecule is Cc1cc(C)n(-c2ccc(CCl)cc2C(F)(F)F)n1. The Balaban J connectivity index is 2.66. The van der Waals surface area contributed by atoms with Crippen LogP contribution in [0, 0.1) is 13.8 Å². The maximum atomic E-state index is 13.1. The number of halogens is 4. The molecule has 1 heterocycles. The van der Waals surface area contributed by atoms with Crippen molar-refractivity contribution in [3.63, 3.8) is 0 Å². The van der Waals surface area contributed by atoms with Crippen molar-refractivity contribution in [3.8, 4) is 5.69 Å². The minimum Gasteiger partial charge on any atom is -0.237 e. The van der Waals surface area contributed by atoms with E-state index in [0.717, 1.165) is 6.07 Å². The molecule has 0 spiro atoms. The molecule has 1 aromatic heterocycles. The molecule has 0 radical (unpaired) electrons. The number of alkyl halides is 4. The van der Waals surface area contributed by atoms with E-state index in [9.17, 15) is 13.2 Å². The highest BCUT2D eigenvalue weighted by Gasteiger charge is 2.34. The van der Waals surface area contributed by atoms with Crippen LogP contribution in [-0.4, -0.2) is 9.78 Å². The number of benzene rings is 1. The van der Waals surface area contributed by atoms with Crippen molar-refractivity contribution in [1.82, 2.24) is 9.78 Å². The maximum absolute atomic E-state index is 13.1. The number of rotatable bonds is 2. The van der Waals surface area contributed by atoms with Crippen LogP contribution in [0.3, 0.4) is 0 Å². The van der Waals surface area contributed by atoms with Gasteiger partial charge in [0.2, 0.25) is 0 Å². The summed E-state index contributed by atoms with van der Waals surface area (Å²) in [6.07, 6.45) is -4.44. The average molecular weight is 289 g/mol. The summed E-state index contributed by atoms with van der Waals surface area (Å²) in [6.45, 7) is 3.46. The van der Waals surface area contributed by atoms with E-state index < -0.39 is 11.7 Å². The highest BCUT2D eigenvalue weighted by atomic mass is 35.5. The smallest absolute Gasteiger partial charge is 0.237 e. The zero-order chi connectivity index (χ0) is 14.2. The lowest BCUT2D eigenvalue weighted by Crippen LogP contribution is -2.13. The van der Waals surface area contributed by atoms with E-state index in [4.69, 9.17) is 11.6 Å². The highest BCUT2D eigenvalue weighted by molar-refractivity contribution is 6.17. The van der Waals surface area contributed by atoms with Gasteiger partial charge in [-0.15, -0.1) is 11.6 Å². The molecule has 6 heteroatoms. The zero-order valence-corrected chi connectivity index (χ0v) is 11.2. The third-order valence-electron chi connectivity index (χ3n) is 2.76. The molecule has 2 aromatic rings. The lowest BCUT2D eigenvalue weighted by Gasteiger charge is -2.15. The Morgan fingerprint density at radius 1 is 1.21 bits per heavy atom. The Morgan fingerprint density at radius 3 is 2.37 bits per heavy atom. The van der Waals surface area contributed by atoms with Gasteiger partial charge in [0, 0.05) is 11.6 Å². The molecular formula is C13H12ClF3N2. The van der Waals surface area contributed by atoms with Gasteiger partial charge in [0.25, 0.3) is 0 Å². The molecule has 0 aliphatic rings. The van der Waals surface area contributed by atoms with E-state index in [2.05, 4.69) is 5.10 Å². The van der Waals surface area contributed by atoms with E-state index in [-0.39, 0.29) is 11.6 Å². The fourth-order valence-electron chi connectivity index (χ4n) is 1.95. The predicted octanol–water partition coefficient (Wildman–Crippen LogP) is 4.25. The third-order valence-corrected chi connectivity index (χ3v) is 3.07. The van der Waals surface area contributed by atoms with E-state index >= 15 is 0 Å². The molecule has 19 heavy (non-hydrogen) atoms. The van der Waals surface area contributed by atoms with Gasteiger partial charge in [-0.3, -0.25) is 0 Å². The van der Waals surface area contributed by atoms with Gasteiger partial charge >= 0.3 is 6.18 Å². The van der Waals surface area contributed by atoms with Crippen molar-refractivity contribution >= 4 is 11.6 Å². The molecule has 0 saturated carbocycles. The summed E-state index contributed by atoms with van der Waals surface area (Å²) >= 11 is 5.59. The van der Waals surface area contributed by atoms with Crippen LogP contribution in [0.5, 0.6) is 0 Å². The van der Waals surface area contributed by atoms with Gasteiger partial charge in [-0.1, -0.05) is 6.07 Å². The monoisotopic (exact) mass is 288 g/mol. The molecule has 0 amide bonds. The van der Waals surface area contributed by atoms with Crippen LogP contribution in [-0.2, 0) is 12.1 Å². The van der Waals surface area contributed by atoms with E-state index in [1.54, 1.807) is 26.0 Å². The van der Waals surface area contributed by atoms with Crippen molar-refractivity contribution in [2.24, 2.45) is 0 Å². The second-order valence-electron chi connectivity index (χ2n) is 4.32. The largest absolute Gasteiger partial charge is 0.418 e. The summed E-state index contributed by atoms with van der Waals surface area (Å²) in [5.74, 6) is 0.0421. The normalized spacial score (nSPS) is 11.9. The Bertz CT molecular complexity index is 602. The molecular weight excluding hydrogens is 277 g/mol. The van der Waals surface area contributed by atoms with Crippen LogP contribution in [0.15, 0.2) is 24.3 Å². The first-order valence-electron chi connectivity index (χ1n) is 5.62. The number of hydrogen-bond acceptors (Lipinski definition) is 1. The summed E-state index contributed by atoms with van der Waals surface area (Å²) < 4.78 is 40.6. The molecule has 0 atom stereocenters. The molecule has 0 fully saturated rings. The molecule has 0 saturated heterocycles. The lowest BCUT2D eigenvalue weighted by atomic mass is 10.1. The van der Waals surface area contributed by atoms with Gasteiger partial charge in [0.05, 0.1) is 16.9 Å². The van der Waals surface area contributed by atoms with Gasteiger partial charge in [0.1, 0.15) is 0 Å². The second-order valence-corrected chi connectivity index (χ2v) is 4.59. The number of hydrogen-bond donors (Lipinski definition) is 0. The Morgan fingerprint density at radius 2 is 1.89 bits per heavy atom. The first-order chi connectivity index (χ1) is 8.82. The van der Waals surface area contributed by atoms with Crippen LogP contribution in [0.25, 0.3) is 5.69 Å². The van der Waals surface area contributed by atoms with Gasteiger partial charge in [-0.2, -0.15) is 18.3 Å². The van der Waals surface area contributed by atoms with E-state index in [1.807, 2.05) is 0 Å². The molecule has 0 aliphatic heterocycles. The summed E-state index contributed by atoms with van der Waals surface area (Å²) in [5, 5.41) is 4.09. The highest BCUT2D eigenvalue weighted by Crippen LogP contribution is 2.35. The minimum atomic E-state index is -4.44. The molecule has 1 aromatic carbocycles. The first-order valence-corrected chi connectivity index (χ1v) is 6.16. The number of nitrogens with zero attached hydrogens (tertiary/aromatic N) is 2. The average Bonchev–Trinajstić information content (AvgIpc) is 2.66. The topological polar surface area (TPSA) is 17.8 Å². The maximum Gasteiger partial charge on any atom is 0.418 e. The quantitative estimate of drug-likeness (QED) is 0.756. The Labute approximate surface area is 113 Å². The van der Waals surface area contributed by atoms with Crippen LogP contribution in [0.4, 0.5) is 13.2 Å². The zero-order valence-electron chi connectivity index (χ0n) is 10.4. The van der Waals surface area contributed by atoms with Crippen molar-refractivity contribution in [1.29, 1.82) is 0 Å². The Kier molecular flexibility index (Phi) is 3.58.